The molecule has 1 aromatic carbocycles. The number of halogens is 2. The largest absolute Gasteiger partial charge is 0.346 e. The van der Waals surface area contributed by atoms with E-state index >= 15 is 0 Å². The first-order valence-corrected chi connectivity index (χ1v) is 9.14. The van der Waals surface area contributed by atoms with Crippen molar-refractivity contribution >= 4 is 28.8 Å². The zero-order chi connectivity index (χ0) is 18.7. The molecule has 26 heavy (non-hydrogen) atoms. The van der Waals surface area contributed by atoms with Crippen molar-refractivity contribution in [2.45, 2.75) is 19.4 Å². The first-order valence-electron chi connectivity index (χ1n) is 8.26. The van der Waals surface area contributed by atoms with Crippen LogP contribution in [0.2, 0.25) is 0 Å². The van der Waals surface area contributed by atoms with Gasteiger partial charge in [-0.3, -0.25) is 14.5 Å². The van der Waals surface area contributed by atoms with Gasteiger partial charge >= 0.3 is 0 Å². The molecule has 0 fully saturated rings. The molecule has 0 spiro atoms. The number of hydrogen-bond acceptors (Lipinski definition) is 4. The summed E-state index contributed by atoms with van der Waals surface area (Å²) in [5, 5.41) is 7.03. The fraction of sp³-hybridized carbons (Fsp3) is 0.333. The molecule has 1 atom stereocenters. The van der Waals surface area contributed by atoms with Gasteiger partial charge in [0.15, 0.2) is 11.6 Å². The van der Waals surface area contributed by atoms with E-state index in [-0.39, 0.29) is 30.7 Å². The van der Waals surface area contributed by atoms with Crippen molar-refractivity contribution in [1.29, 1.82) is 0 Å². The van der Waals surface area contributed by atoms with Crippen molar-refractivity contribution in [3.05, 3.63) is 51.7 Å². The first kappa shape index (κ1) is 18.5. The van der Waals surface area contributed by atoms with Crippen LogP contribution in [0.15, 0.2) is 29.6 Å². The highest BCUT2D eigenvalue weighted by molar-refractivity contribution is 7.10. The van der Waals surface area contributed by atoms with Gasteiger partial charge in [0.2, 0.25) is 11.8 Å². The fourth-order valence-corrected chi connectivity index (χ4v) is 3.94. The maximum atomic E-state index is 13.1. The molecule has 0 bridgehead atoms. The van der Waals surface area contributed by atoms with Crippen LogP contribution in [0.25, 0.3) is 0 Å². The topological polar surface area (TPSA) is 61.4 Å². The SMILES string of the molecule is C[C@H]1c2ccsc2CCN1CC(=O)NCC(=O)Nc1ccc(F)c(F)c1. The van der Waals surface area contributed by atoms with E-state index in [9.17, 15) is 18.4 Å². The Labute approximate surface area is 154 Å². The fourth-order valence-electron chi connectivity index (χ4n) is 2.98. The van der Waals surface area contributed by atoms with E-state index in [1.54, 1.807) is 11.3 Å². The summed E-state index contributed by atoms with van der Waals surface area (Å²) in [5.41, 5.74) is 1.39. The molecule has 2 N–H and O–H groups in total. The van der Waals surface area contributed by atoms with Gasteiger partial charge in [-0.1, -0.05) is 0 Å². The maximum Gasteiger partial charge on any atom is 0.243 e. The molecular formula is C18H19F2N3O2S. The average molecular weight is 379 g/mol. The molecule has 2 heterocycles. The Morgan fingerprint density at radius 3 is 2.81 bits per heavy atom. The lowest BCUT2D eigenvalue weighted by Crippen LogP contribution is -2.43. The van der Waals surface area contributed by atoms with Gasteiger partial charge in [0.1, 0.15) is 0 Å². The number of amides is 2. The summed E-state index contributed by atoms with van der Waals surface area (Å²) in [5.74, 6) is -2.79. The Kier molecular flexibility index (Phi) is 5.63. The summed E-state index contributed by atoms with van der Waals surface area (Å²) >= 11 is 1.74. The molecule has 1 aliphatic heterocycles. The molecule has 0 radical (unpaired) electrons. The molecule has 3 rings (SSSR count). The summed E-state index contributed by atoms with van der Waals surface area (Å²) in [4.78, 5) is 27.4. The normalized spacial score (nSPS) is 16.8. The van der Waals surface area contributed by atoms with Crippen molar-refractivity contribution < 1.29 is 18.4 Å². The Morgan fingerprint density at radius 2 is 2.04 bits per heavy atom. The van der Waals surface area contributed by atoms with Gasteiger partial charge in [0, 0.05) is 29.2 Å². The number of benzene rings is 1. The molecule has 1 aliphatic rings. The van der Waals surface area contributed by atoms with E-state index in [2.05, 4.69) is 33.9 Å². The smallest absolute Gasteiger partial charge is 0.243 e. The highest BCUT2D eigenvalue weighted by atomic mass is 32.1. The summed E-state index contributed by atoms with van der Waals surface area (Å²) in [6, 6.07) is 5.32. The molecule has 0 aliphatic carbocycles. The van der Waals surface area contributed by atoms with Crippen LogP contribution in [0.4, 0.5) is 14.5 Å². The van der Waals surface area contributed by atoms with Crippen LogP contribution in [0.3, 0.4) is 0 Å². The number of carbonyl (C=O) groups is 2. The van der Waals surface area contributed by atoms with E-state index in [1.807, 2.05) is 0 Å². The van der Waals surface area contributed by atoms with Crippen molar-refractivity contribution in [3.8, 4) is 0 Å². The number of nitrogens with one attached hydrogen (secondary N) is 2. The molecule has 0 saturated heterocycles. The lowest BCUT2D eigenvalue weighted by molar-refractivity contribution is -0.125. The van der Waals surface area contributed by atoms with Gasteiger partial charge in [0.05, 0.1) is 13.1 Å². The third-order valence-electron chi connectivity index (χ3n) is 4.40. The van der Waals surface area contributed by atoms with Crippen LogP contribution >= 0.6 is 11.3 Å². The number of nitrogens with zero attached hydrogens (tertiary/aromatic N) is 1. The number of thiophene rings is 1. The summed E-state index contributed by atoms with van der Waals surface area (Å²) in [6.45, 7) is 2.83. The van der Waals surface area contributed by atoms with Gasteiger partial charge in [-0.2, -0.15) is 0 Å². The van der Waals surface area contributed by atoms with Gasteiger partial charge in [-0.15, -0.1) is 11.3 Å². The average Bonchev–Trinajstić information content (AvgIpc) is 3.08. The predicted molar refractivity (Wildman–Crippen MR) is 96.0 cm³/mol. The number of hydrogen-bond donors (Lipinski definition) is 2. The molecule has 2 aromatic rings. The first-order chi connectivity index (χ1) is 12.4. The standard InChI is InChI=1S/C18H19F2N3O2S/c1-11-13-5-7-26-16(13)4-6-23(11)10-18(25)21-9-17(24)22-12-2-3-14(19)15(20)8-12/h2-3,5,7-8,11H,4,6,9-10H2,1H3,(H,21,25)(H,22,24)/t11-/m0/s1. The lowest BCUT2D eigenvalue weighted by Gasteiger charge is -2.32. The van der Waals surface area contributed by atoms with Crippen molar-refractivity contribution in [2.24, 2.45) is 0 Å². The molecule has 138 valence electrons. The van der Waals surface area contributed by atoms with Gasteiger partial charge in [0.25, 0.3) is 0 Å². The zero-order valence-corrected chi connectivity index (χ0v) is 15.0. The molecule has 0 unspecified atom stereocenters. The number of carbonyl (C=O) groups excluding carboxylic acids is 2. The van der Waals surface area contributed by atoms with Crippen molar-refractivity contribution in [2.75, 3.05) is 25.0 Å². The highest BCUT2D eigenvalue weighted by Gasteiger charge is 2.26. The lowest BCUT2D eigenvalue weighted by atomic mass is 10.0. The Bertz CT molecular complexity index is 825. The van der Waals surface area contributed by atoms with Crippen molar-refractivity contribution in [1.82, 2.24) is 10.2 Å². The summed E-state index contributed by atoms with van der Waals surface area (Å²) in [6.07, 6.45) is 0.918. The van der Waals surface area contributed by atoms with Crippen LogP contribution in [0.1, 0.15) is 23.4 Å². The second-order valence-electron chi connectivity index (χ2n) is 6.15. The van der Waals surface area contributed by atoms with Crippen LogP contribution in [-0.4, -0.2) is 36.3 Å². The Morgan fingerprint density at radius 1 is 1.23 bits per heavy atom. The van der Waals surface area contributed by atoms with Gasteiger partial charge in [-0.05, 0) is 42.5 Å². The Balaban J connectivity index is 1.46. The molecule has 2 amide bonds. The second kappa shape index (κ2) is 7.92. The molecule has 5 nitrogen and oxygen atoms in total. The highest BCUT2D eigenvalue weighted by Crippen LogP contribution is 2.32. The number of rotatable bonds is 5. The van der Waals surface area contributed by atoms with Crippen LogP contribution in [0.5, 0.6) is 0 Å². The molecule has 1 aromatic heterocycles. The molecule has 0 saturated carbocycles. The second-order valence-corrected chi connectivity index (χ2v) is 7.15. The van der Waals surface area contributed by atoms with Gasteiger partial charge < -0.3 is 10.6 Å². The molecular weight excluding hydrogens is 360 g/mol. The minimum absolute atomic E-state index is 0.137. The van der Waals surface area contributed by atoms with E-state index in [0.717, 1.165) is 25.1 Å². The van der Waals surface area contributed by atoms with Crippen molar-refractivity contribution in [3.63, 3.8) is 0 Å². The number of anilines is 1. The minimum atomic E-state index is -1.04. The third kappa shape index (κ3) is 4.25. The monoisotopic (exact) mass is 379 g/mol. The predicted octanol–water partition coefficient (Wildman–Crippen LogP) is 2.70. The third-order valence-corrected chi connectivity index (χ3v) is 5.40. The van der Waals surface area contributed by atoms with Gasteiger partial charge in [-0.25, -0.2) is 8.78 Å². The van der Waals surface area contributed by atoms with E-state index in [4.69, 9.17) is 0 Å². The van der Waals surface area contributed by atoms with Crippen LogP contribution in [-0.2, 0) is 16.0 Å². The van der Waals surface area contributed by atoms with Crippen LogP contribution < -0.4 is 10.6 Å². The maximum absolute atomic E-state index is 13.1. The van der Waals surface area contributed by atoms with E-state index in [1.165, 1.54) is 16.5 Å². The summed E-state index contributed by atoms with van der Waals surface area (Å²) in [7, 11) is 0. The van der Waals surface area contributed by atoms with E-state index < -0.39 is 17.5 Å². The van der Waals surface area contributed by atoms with E-state index in [0.29, 0.717) is 0 Å². The Hall–Kier alpha value is -2.32. The number of fused-ring (bicyclic) bond motifs is 1. The van der Waals surface area contributed by atoms with Crippen LogP contribution in [0, 0.1) is 11.6 Å². The molecule has 8 heteroatoms. The minimum Gasteiger partial charge on any atom is -0.346 e. The zero-order valence-electron chi connectivity index (χ0n) is 14.2. The quantitative estimate of drug-likeness (QED) is 0.840. The summed E-state index contributed by atoms with van der Waals surface area (Å²) < 4.78 is 26.0.